The third-order valence-corrected chi connectivity index (χ3v) is 6.84. The molecule has 0 radical (unpaired) electrons. The van der Waals surface area contributed by atoms with E-state index in [0.29, 0.717) is 19.4 Å². The van der Waals surface area contributed by atoms with E-state index in [1.54, 1.807) is 6.92 Å². The highest BCUT2D eigenvalue weighted by Gasteiger charge is 2.44. The molecule has 172 valence electrons. The summed E-state index contributed by atoms with van der Waals surface area (Å²) in [5.41, 5.74) is -0.0599. The predicted molar refractivity (Wildman–Crippen MR) is 122 cm³/mol. The first-order valence-corrected chi connectivity index (χ1v) is 11.8. The highest BCUT2D eigenvalue weighted by atomic mass is 79.9. The molecule has 0 aromatic heterocycles. The number of esters is 1. The van der Waals surface area contributed by atoms with Gasteiger partial charge in [0.05, 0.1) is 24.6 Å². The molecule has 1 saturated carbocycles. The minimum absolute atomic E-state index is 0.0173. The lowest BCUT2D eigenvalue weighted by atomic mass is 9.94. The van der Waals surface area contributed by atoms with Gasteiger partial charge in [0.15, 0.2) is 6.04 Å². The van der Waals surface area contributed by atoms with Crippen LogP contribution in [0.4, 0.5) is 0 Å². The van der Waals surface area contributed by atoms with Gasteiger partial charge in [0.1, 0.15) is 5.54 Å². The number of hydrogen-bond acceptors (Lipinski definition) is 5. The largest absolute Gasteiger partial charge is 0.464 e. The number of nitrogens with one attached hydrogen (secondary N) is 2. The summed E-state index contributed by atoms with van der Waals surface area (Å²) in [4.78, 5) is 37.9. The molecule has 0 bridgehead atoms. The lowest BCUT2D eigenvalue weighted by Gasteiger charge is -2.32. The molecule has 1 fully saturated rings. The number of ether oxygens (including phenoxy) is 2. The van der Waals surface area contributed by atoms with Crippen LogP contribution in [-0.2, 0) is 30.5 Å². The molecule has 0 unspecified atom stereocenters. The molecule has 1 aromatic carbocycles. The Balaban J connectivity index is 2.06. The number of carbonyl (C=O) groups is 3. The van der Waals surface area contributed by atoms with Crippen LogP contribution >= 0.6 is 15.9 Å². The van der Waals surface area contributed by atoms with E-state index in [9.17, 15) is 14.4 Å². The third kappa shape index (κ3) is 7.31. The van der Waals surface area contributed by atoms with Crippen molar-refractivity contribution in [1.29, 1.82) is 0 Å². The number of benzene rings is 1. The molecule has 0 spiro atoms. The van der Waals surface area contributed by atoms with E-state index in [1.807, 2.05) is 44.2 Å². The van der Waals surface area contributed by atoms with Gasteiger partial charge >= 0.3 is 5.97 Å². The van der Waals surface area contributed by atoms with Crippen molar-refractivity contribution in [2.75, 3.05) is 13.2 Å². The van der Waals surface area contributed by atoms with Crippen LogP contribution in [0.2, 0.25) is 0 Å². The van der Waals surface area contributed by atoms with E-state index < -0.39 is 22.4 Å². The van der Waals surface area contributed by atoms with Gasteiger partial charge < -0.3 is 20.1 Å². The summed E-state index contributed by atoms with van der Waals surface area (Å²) >= 11 is 3.40. The van der Waals surface area contributed by atoms with Crippen LogP contribution in [0.3, 0.4) is 0 Å². The molecule has 7 nitrogen and oxygen atoms in total. The van der Waals surface area contributed by atoms with Gasteiger partial charge in [0, 0.05) is 0 Å². The van der Waals surface area contributed by atoms with Gasteiger partial charge in [-0.05, 0) is 31.2 Å². The van der Waals surface area contributed by atoms with Crippen LogP contribution in [0.5, 0.6) is 0 Å². The lowest BCUT2D eigenvalue weighted by Crippen LogP contribution is -2.61. The fourth-order valence-corrected chi connectivity index (χ4v) is 3.69. The van der Waals surface area contributed by atoms with Crippen LogP contribution in [0.1, 0.15) is 52.0 Å². The Morgan fingerprint density at radius 2 is 1.77 bits per heavy atom. The molecular formula is C23H33BrN2O5. The summed E-state index contributed by atoms with van der Waals surface area (Å²) in [6.45, 7) is 6.07. The Kier molecular flexibility index (Phi) is 9.96. The minimum atomic E-state index is -1.03. The molecule has 2 rings (SSSR count). The highest BCUT2D eigenvalue weighted by Crippen LogP contribution is 2.31. The Labute approximate surface area is 192 Å². The number of halogens is 1. The van der Waals surface area contributed by atoms with Crippen molar-refractivity contribution in [3.8, 4) is 0 Å². The third-order valence-electron chi connectivity index (χ3n) is 5.36. The van der Waals surface area contributed by atoms with Crippen molar-refractivity contribution in [2.24, 2.45) is 5.92 Å². The highest BCUT2D eigenvalue weighted by molar-refractivity contribution is 9.10. The van der Waals surface area contributed by atoms with Gasteiger partial charge in [-0.1, -0.05) is 73.0 Å². The van der Waals surface area contributed by atoms with E-state index in [4.69, 9.17) is 9.47 Å². The van der Waals surface area contributed by atoms with Crippen LogP contribution in [0.25, 0.3) is 0 Å². The molecule has 0 aliphatic heterocycles. The van der Waals surface area contributed by atoms with E-state index in [-0.39, 0.29) is 30.9 Å². The zero-order chi connectivity index (χ0) is 22.9. The molecular weight excluding hydrogens is 464 g/mol. The Bertz CT molecular complexity index is 735. The number of amides is 2. The quantitative estimate of drug-likeness (QED) is 0.362. The van der Waals surface area contributed by atoms with E-state index in [0.717, 1.165) is 18.4 Å². The van der Waals surface area contributed by atoms with Crippen LogP contribution in [0, 0.1) is 5.92 Å². The van der Waals surface area contributed by atoms with Gasteiger partial charge in [-0.25, -0.2) is 4.79 Å². The average Bonchev–Trinajstić information content (AvgIpc) is 3.22. The SMILES string of the molecule is CCOC(=O)[C@H](COCc1ccccc1)NC(=O)C1(NC(=O)[C@H](Br)C(C)C)CCCC1. The predicted octanol–water partition coefficient (Wildman–Crippen LogP) is 3.10. The van der Waals surface area contributed by atoms with Crippen LogP contribution in [-0.4, -0.2) is 47.4 Å². The Hall–Kier alpha value is -1.93. The zero-order valence-electron chi connectivity index (χ0n) is 18.5. The fraction of sp³-hybridized carbons (Fsp3) is 0.609. The maximum atomic E-state index is 13.2. The molecule has 1 aliphatic carbocycles. The van der Waals surface area contributed by atoms with E-state index >= 15 is 0 Å². The van der Waals surface area contributed by atoms with E-state index in [2.05, 4.69) is 26.6 Å². The van der Waals surface area contributed by atoms with Crippen molar-refractivity contribution >= 4 is 33.7 Å². The minimum Gasteiger partial charge on any atom is -0.464 e. The molecule has 1 aliphatic rings. The summed E-state index contributed by atoms with van der Waals surface area (Å²) in [5, 5.41) is 5.72. The van der Waals surface area contributed by atoms with Crippen molar-refractivity contribution < 1.29 is 23.9 Å². The number of rotatable bonds is 11. The normalized spacial score (nSPS) is 17.1. The first kappa shape index (κ1) is 25.3. The van der Waals surface area contributed by atoms with E-state index in [1.165, 1.54) is 0 Å². The maximum absolute atomic E-state index is 13.2. The van der Waals surface area contributed by atoms with Crippen molar-refractivity contribution in [1.82, 2.24) is 10.6 Å². The van der Waals surface area contributed by atoms with Gasteiger partial charge in [0.2, 0.25) is 11.8 Å². The first-order valence-electron chi connectivity index (χ1n) is 10.8. The topological polar surface area (TPSA) is 93.7 Å². The second kappa shape index (κ2) is 12.2. The zero-order valence-corrected chi connectivity index (χ0v) is 20.1. The van der Waals surface area contributed by atoms with Crippen molar-refractivity contribution in [3.63, 3.8) is 0 Å². The standard InChI is InChI=1S/C23H33BrN2O5/c1-4-31-21(28)18(15-30-14-17-10-6-5-7-11-17)25-22(29)23(12-8-9-13-23)26-20(27)19(24)16(2)3/h5-7,10-11,16,18-19H,4,8-9,12-15H2,1-3H3,(H,25,29)(H,26,27)/t18-,19+/m0/s1. The molecule has 0 saturated heterocycles. The van der Waals surface area contributed by atoms with Gasteiger partial charge in [-0.15, -0.1) is 0 Å². The summed E-state index contributed by atoms with van der Waals surface area (Å²) in [7, 11) is 0. The molecule has 2 atom stereocenters. The summed E-state index contributed by atoms with van der Waals surface area (Å²) in [5.74, 6) is -1.06. The van der Waals surface area contributed by atoms with Crippen molar-refractivity contribution in [2.45, 2.75) is 69.5 Å². The second-order valence-electron chi connectivity index (χ2n) is 8.20. The van der Waals surface area contributed by atoms with Crippen LogP contribution < -0.4 is 10.6 Å². The molecule has 0 heterocycles. The Morgan fingerprint density at radius 3 is 2.35 bits per heavy atom. The smallest absolute Gasteiger partial charge is 0.331 e. The summed E-state index contributed by atoms with van der Waals surface area (Å²) in [6, 6.07) is 8.63. The number of hydrogen-bond donors (Lipinski definition) is 2. The van der Waals surface area contributed by atoms with Crippen molar-refractivity contribution in [3.05, 3.63) is 35.9 Å². The first-order chi connectivity index (χ1) is 14.8. The summed E-state index contributed by atoms with van der Waals surface area (Å²) < 4.78 is 10.8. The maximum Gasteiger partial charge on any atom is 0.331 e. The fourth-order valence-electron chi connectivity index (χ4n) is 3.57. The second-order valence-corrected chi connectivity index (χ2v) is 9.19. The molecule has 31 heavy (non-hydrogen) atoms. The lowest BCUT2D eigenvalue weighted by molar-refractivity contribution is -0.150. The number of alkyl halides is 1. The molecule has 2 N–H and O–H groups in total. The number of carbonyl (C=O) groups excluding carboxylic acids is 3. The van der Waals surface area contributed by atoms with Gasteiger partial charge in [-0.2, -0.15) is 0 Å². The van der Waals surface area contributed by atoms with Gasteiger partial charge in [-0.3, -0.25) is 9.59 Å². The molecule has 8 heteroatoms. The van der Waals surface area contributed by atoms with Gasteiger partial charge in [0.25, 0.3) is 0 Å². The monoisotopic (exact) mass is 496 g/mol. The summed E-state index contributed by atoms with van der Waals surface area (Å²) in [6.07, 6.45) is 2.72. The average molecular weight is 497 g/mol. The Morgan fingerprint density at radius 1 is 1.13 bits per heavy atom. The molecule has 1 aromatic rings. The van der Waals surface area contributed by atoms with Crippen LogP contribution in [0.15, 0.2) is 30.3 Å². The molecule has 2 amide bonds.